The van der Waals surface area contributed by atoms with Gasteiger partial charge in [-0.2, -0.15) is 0 Å². The number of hydrogen-bond acceptors (Lipinski definition) is 3. The zero-order valence-corrected chi connectivity index (χ0v) is 14.1. The highest BCUT2D eigenvalue weighted by Gasteiger charge is 2.26. The second kappa shape index (κ2) is 7.83. The Hall–Kier alpha value is -2.82. The van der Waals surface area contributed by atoms with Crippen molar-refractivity contribution in [1.82, 2.24) is 4.90 Å². The van der Waals surface area contributed by atoms with Gasteiger partial charge in [-0.25, -0.2) is 0 Å². The van der Waals surface area contributed by atoms with Crippen LogP contribution < -0.4 is 10.5 Å². The summed E-state index contributed by atoms with van der Waals surface area (Å²) in [6.45, 7) is 1.09. The quantitative estimate of drug-likeness (QED) is 0.910. The number of primary amides is 1. The molecule has 0 aliphatic carbocycles. The predicted octanol–water partition coefficient (Wildman–Crippen LogP) is 2.46. The second-order valence-corrected chi connectivity index (χ2v) is 6.21. The van der Waals surface area contributed by atoms with E-state index in [1.54, 1.807) is 4.90 Å². The zero-order chi connectivity index (χ0) is 17.6. The molecule has 5 nitrogen and oxygen atoms in total. The summed E-state index contributed by atoms with van der Waals surface area (Å²) in [5.74, 6) is 0.226. The summed E-state index contributed by atoms with van der Waals surface area (Å²) in [5.41, 5.74) is 7.34. The van der Waals surface area contributed by atoms with Crippen LogP contribution in [0.15, 0.2) is 54.6 Å². The lowest BCUT2D eigenvalue weighted by molar-refractivity contribution is -0.136. The van der Waals surface area contributed by atoms with Gasteiger partial charge in [0, 0.05) is 24.6 Å². The molecule has 0 atom stereocenters. The number of ether oxygens (including phenoxy) is 1. The molecule has 0 aromatic heterocycles. The molecule has 1 heterocycles. The Kier molecular flexibility index (Phi) is 5.33. The third kappa shape index (κ3) is 4.18. The van der Waals surface area contributed by atoms with Crippen LogP contribution in [0.4, 0.5) is 0 Å². The third-order valence-corrected chi connectivity index (χ3v) is 4.57. The van der Waals surface area contributed by atoms with Crippen LogP contribution in [-0.2, 0) is 9.59 Å². The molecule has 1 saturated heterocycles. The number of amides is 2. The van der Waals surface area contributed by atoms with Crippen LogP contribution in [0.2, 0.25) is 0 Å². The van der Waals surface area contributed by atoms with Crippen molar-refractivity contribution < 1.29 is 14.3 Å². The van der Waals surface area contributed by atoms with Gasteiger partial charge >= 0.3 is 0 Å². The van der Waals surface area contributed by atoms with Crippen molar-refractivity contribution in [2.24, 2.45) is 11.7 Å². The molecule has 0 unspecified atom stereocenters. The third-order valence-electron chi connectivity index (χ3n) is 4.57. The molecule has 3 rings (SSSR count). The average Bonchev–Trinajstić information content (AvgIpc) is 2.67. The Bertz CT molecular complexity index is 738. The van der Waals surface area contributed by atoms with Gasteiger partial charge in [-0.3, -0.25) is 9.59 Å². The normalized spacial score (nSPS) is 15.0. The van der Waals surface area contributed by atoms with E-state index in [1.165, 1.54) is 0 Å². The van der Waals surface area contributed by atoms with Crippen molar-refractivity contribution >= 4 is 11.8 Å². The summed E-state index contributed by atoms with van der Waals surface area (Å²) in [6.07, 6.45) is 1.25. The minimum atomic E-state index is -0.278. The number of nitrogens with zero attached hydrogens (tertiary/aromatic N) is 1. The first-order valence-corrected chi connectivity index (χ1v) is 8.49. The summed E-state index contributed by atoms with van der Waals surface area (Å²) in [4.78, 5) is 25.3. The Morgan fingerprint density at radius 3 is 2.32 bits per heavy atom. The fourth-order valence-corrected chi connectivity index (χ4v) is 3.09. The molecule has 1 fully saturated rings. The summed E-state index contributed by atoms with van der Waals surface area (Å²) < 4.78 is 5.80. The minimum absolute atomic E-state index is 0.00884. The second-order valence-electron chi connectivity index (χ2n) is 6.21. The number of benzene rings is 2. The molecule has 130 valence electrons. The van der Waals surface area contributed by atoms with E-state index in [2.05, 4.69) is 0 Å². The molecule has 25 heavy (non-hydrogen) atoms. The van der Waals surface area contributed by atoms with Gasteiger partial charge in [0.2, 0.25) is 5.91 Å². The highest BCUT2D eigenvalue weighted by molar-refractivity contribution is 5.80. The van der Waals surface area contributed by atoms with Gasteiger partial charge in [-0.15, -0.1) is 0 Å². The molecule has 5 heteroatoms. The first kappa shape index (κ1) is 17.0. The number of nitrogens with two attached hydrogens (primary N) is 1. The van der Waals surface area contributed by atoms with E-state index in [4.69, 9.17) is 10.5 Å². The highest BCUT2D eigenvalue weighted by atomic mass is 16.5. The summed E-state index contributed by atoms with van der Waals surface area (Å²) in [7, 11) is 0. The van der Waals surface area contributed by atoms with Crippen LogP contribution >= 0.6 is 0 Å². The lowest BCUT2D eigenvalue weighted by atomic mass is 9.96. The van der Waals surface area contributed by atoms with Crippen molar-refractivity contribution in [3.63, 3.8) is 0 Å². The zero-order valence-electron chi connectivity index (χ0n) is 14.1. The van der Waals surface area contributed by atoms with Crippen molar-refractivity contribution in [3.8, 4) is 16.9 Å². The Morgan fingerprint density at radius 2 is 1.64 bits per heavy atom. The van der Waals surface area contributed by atoms with Crippen molar-refractivity contribution in [3.05, 3.63) is 54.6 Å². The SMILES string of the molecule is NC(=O)C1CCN(C(=O)COc2ccccc2-c2ccccc2)CC1. The minimum Gasteiger partial charge on any atom is -0.483 e. The number of para-hydroxylation sites is 1. The smallest absolute Gasteiger partial charge is 0.260 e. The van der Waals surface area contributed by atoms with Gasteiger partial charge in [-0.05, 0) is 24.5 Å². The van der Waals surface area contributed by atoms with E-state index in [1.807, 2.05) is 54.6 Å². The van der Waals surface area contributed by atoms with Gasteiger partial charge in [0.15, 0.2) is 6.61 Å². The molecular formula is C20H22N2O3. The Morgan fingerprint density at radius 1 is 1.00 bits per heavy atom. The lowest BCUT2D eigenvalue weighted by Crippen LogP contribution is -2.43. The van der Waals surface area contributed by atoms with E-state index in [0.29, 0.717) is 31.7 Å². The monoisotopic (exact) mass is 338 g/mol. The van der Waals surface area contributed by atoms with Crippen LogP contribution in [0, 0.1) is 5.92 Å². The average molecular weight is 338 g/mol. The van der Waals surface area contributed by atoms with Gasteiger partial charge in [-0.1, -0.05) is 48.5 Å². The highest BCUT2D eigenvalue weighted by Crippen LogP contribution is 2.29. The van der Waals surface area contributed by atoms with E-state index in [0.717, 1.165) is 11.1 Å². The molecule has 1 aliphatic rings. The number of carbonyl (C=O) groups excluding carboxylic acids is 2. The van der Waals surface area contributed by atoms with E-state index in [9.17, 15) is 9.59 Å². The molecular weight excluding hydrogens is 316 g/mol. The Balaban J connectivity index is 1.61. The maximum atomic E-state index is 12.4. The first-order valence-electron chi connectivity index (χ1n) is 8.49. The molecule has 2 aromatic carbocycles. The molecule has 0 bridgehead atoms. The maximum absolute atomic E-state index is 12.4. The Labute approximate surface area is 147 Å². The fraction of sp³-hybridized carbons (Fsp3) is 0.300. The number of rotatable bonds is 5. The van der Waals surface area contributed by atoms with Gasteiger partial charge < -0.3 is 15.4 Å². The largest absolute Gasteiger partial charge is 0.483 e. The van der Waals surface area contributed by atoms with Crippen LogP contribution in [0.5, 0.6) is 5.75 Å². The van der Waals surface area contributed by atoms with Crippen LogP contribution in [-0.4, -0.2) is 36.4 Å². The first-order chi connectivity index (χ1) is 12.1. The number of piperidine rings is 1. The van der Waals surface area contributed by atoms with E-state index in [-0.39, 0.29) is 24.3 Å². The molecule has 1 aliphatic heterocycles. The van der Waals surface area contributed by atoms with E-state index >= 15 is 0 Å². The molecule has 0 spiro atoms. The van der Waals surface area contributed by atoms with Gasteiger partial charge in [0.25, 0.3) is 5.91 Å². The predicted molar refractivity (Wildman–Crippen MR) is 95.9 cm³/mol. The van der Waals surface area contributed by atoms with Crippen LogP contribution in [0.3, 0.4) is 0 Å². The van der Waals surface area contributed by atoms with E-state index < -0.39 is 0 Å². The van der Waals surface area contributed by atoms with Crippen molar-refractivity contribution in [2.75, 3.05) is 19.7 Å². The van der Waals surface area contributed by atoms with Crippen molar-refractivity contribution in [2.45, 2.75) is 12.8 Å². The topological polar surface area (TPSA) is 72.6 Å². The lowest BCUT2D eigenvalue weighted by Gasteiger charge is -2.30. The molecule has 2 aromatic rings. The van der Waals surface area contributed by atoms with Gasteiger partial charge in [0.1, 0.15) is 5.75 Å². The standard InChI is InChI=1S/C20H22N2O3/c21-20(24)16-10-12-22(13-11-16)19(23)14-25-18-9-5-4-8-17(18)15-6-2-1-3-7-15/h1-9,16H,10-14H2,(H2,21,24). The number of likely N-dealkylation sites (tertiary alicyclic amines) is 1. The van der Waals surface area contributed by atoms with Crippen molar-refractivity contribution in [1.29, 1.82) is 0 Å². The number of carbonyl (C=O) groups is 2. The number of hydrogen-bond donors (Lipinski definition) is 1. The molecule has 0 saturated carbocycles. The fourth-order valence-electron chi connectivity index (χ4n) is 3.09. The van der Waals surface area contributed by atoms with Crippen LogP contribution in [0.25, 0.3) is 11.1 Å². The molecule has 0 radical (unpaired) electrons. The molecule has 2 amide bonds. The molecule has 2 N–H and O–H groups in total. The van der Waals surface area contributed by atoms with Gasteiger partial charge in [0.05, 0.1) is 0 Å². The summed E-state index contributed by atoms with van der Waals surface area (Å²) >= 11 is 0. The van der Waals surface area contributed by atoms with Crippen LogP contribution in [0.1, 0.15) is 12.8 Å². The summed E-state index contributed by atoms with van der Waals surface area (Å²) in [6, 6.07) is 17.6. The summed E-state index contributed by atoms with van der Waals surface area (Å²) in [5, 5.41) is 0. The maximum Gasteiger partial charge on any atom is 0.260 e.